The minimum atomic E-state index is 0. The van der Waals surface area contributed by atoms with E-state index in [0.717, 1.165) is 12.2 Å². The molecule has 0 spiro atoms. The Balaban J connectivity index is 0.00000264. The van der Waals surface area contributed by atoms with Crippen molar-refractivity contribution < 1.29 is 4.74 Å². The molecule has 0 aliphatic rings. The average Bonchev–Trinajstić information content (AvgIpc) is 3.02. The Morgan fingerprint density at radius 1 is 1.30 bits per heavy atom. The van der Waals surface area contributed by atoms with Crippen LogP contribution < -0.4 is 15.8 Å². The van der Waals surface area contributed by atoms with Crippen molar-refractivity contribution in [3.63, 3.8) is 0 Å². The summed E-state index contributed by atoms with van der Waals surface area (Å²) in [4.78, 5) is 5.58. The highest BCUT2D eigenvalue weighted by Gasteiger charge is 2.04. The van der Waals surface area contributed by atoms with Crippen molar-refractivity contribution in [1.29, 1.82) is 0 Å². The zero-order valence-electron chi connectivity index (χ0n) is 13.7. The van der Waals surface area contributed by atoms with E-state index in [4.69, 9.17) is 10.5 Å². The van der Waals surface area contributed by atoms with Gasteiger partial charge in [0, 0.05) is 10.9 Å². The van der Waals surface area contributed by atoms with Gasteiger partial charge in [0.1, 0.15) is 5.75 Å². The van der Waals surface area contributed by atoms with Crippen LogP contribution >= 0.6 is 35.3 Å². The number of hydrogen-bond donors (Lipinski definition) is 2. The lowest BCUT2D eigenvalue weighted by molar-refractivity contribution is 0.415. The van der Waals surface area contributed by atoms with Crippen LogP contribution in [-0.2, 0) is 6.54 Å². The smallest absolute Gasteiger partial charge is 0.189 e. The van der Waals surface area contributed by atoms with E-state index < -0.39 is 0 Å². The standard InChI is InChI=1S/C17H23N3OS.HI/c1-4-12(2)20-17(18)19-10-16-9-14(11-22-16)13-5-7-15(21-3)8-6-13;/h5-9,11-12H,4,10H2,1-3H3,(H3,18,19,20);1H. The van der Waals surface area contributed by atoms with Crippen LogP contribution in [0.2, 0.25) is 0 Å². The van der Waals surface area contributed by atoms with Crippen LogP contribution in [0, 0.1) is 0 Å². The van der Waals surface area contributed by atoms with Crippen LogP contribution in [0.5, 0.6) is 5.75 Å². The fourth-order valence-electron chi connectivity index (χ4n) is 1.96. The molecular weight excluding hydrogens is 421 g/mol. The lowest BCUT2D eigenvalue weighted by atomic mass is 10.1. The number of guanidine groups is 1. The maximum absolute atomic E-state index is 5.88. The van der Waals surface area contributed by atoms with Crippen molar-refractivity contribution >= 4 is 41.3 Å². The minimum absolute atomic E-state index is 0. The zero-order chi connectivity index (χ0) is 15.9. The van der Waals surface area contributed by atoms with Gasteiger partial charge in [-0.3, -0.25) is 0 Å². The molecule has 0 saturated heterocycles. The Kier molecular flexibility index (Phi) is 8.40. The van der Waals surface area contributed by atoms with Gasteiger partial charge in [-0.25, -0.2) is 4.99 Å². The average molecular weight is 445 g/mol. The molecule has 1 aromatic carbocycles. The summed E-state index contributed by atoms with van der Waals surface area (Å²) in [7, 11) is 1.67. The Morgan fingerprint density at radius 3 is 2.61 bits per heavy atom. The van der Waals surface area contributed by atoms with Gasteiger partial charge in [-0.15, -0.1) is 35.3 Å². The van der Waals surface area contributed by atoms with Crippen LogP contribution in [0.25, 0.3) is 11.1 Å². The second kappa shape index (κ2) is 9.77. The number of nitrogens with zero attached hydrogens (tertiary/aromatic N) is 1. The molecular formula is C17H24IN3OS. The van der Waals surface area contributed by atoms with E-state index in [2.05, 4.69) is 47.7 Å². The first-order valence-electron chi connectivity index (χ1n) is 7.40. The van der Waals surface area contributed by atoms with Gasteiger partial charge in [0.25, 0.3) is 0 Å². The summed E-state index contributed by atoms with van der Waals surface area (Å²) in [5.41, 5.74) is 8.26. The third kappa shape index (κ3) is 6.02. The van der Waals surface area contributed by atoms with E-state index >= 15 is 0 Å². The summed E-state index contributed by atoms with van der Waals surface area (Å²) >= 11 is 1.70. The van der Waals surface area contributed by atoms with Gasteiger partial charge in [-0.05, 0) is 48.1 Å². The molecule has 2 rings (SSSR count). The molecule has 1 heterocycles. The maximum atomic E-state index is 5.88. The number of rotatable bonds is 6. The molecule has 1 atom stereocenters. The molecule has 0 saturated carbocycles. The molecule has 1 aromatic heterocycles. The topological polar surface area (TPSA) is 59.6 Å². The molecule has 3 N–H and O–H groups in total. The molecule has 6 heteroatoms. The Morgan fingerprint density at radius 2 is 2.00 bits per heavy atom. The molecule has 0 aliphatic heterocycles. The van der Waals surface area contributed by atoms with E-state index in [9.17, 15) is 0 Å². The minimum Gasteiger partial charge on any atom is -0.497 e. The van der Waals surface area contributed by atoms with E-state index in [-0.39, 0.29) is 24.0 Å². The molecule has 4 nitrogen and oxygen atoms in total. The quantitative estimate of drug-likeness (QED) is 0.397. The zero-order valence-corrected chi connectivity index (χ0v) is 16.9. The van der Waals surface area contributed by atoms with Gasteiger partial charge in [-0.1, -0.05) is 19.1 Å². The first-order chi connectivity index (χ1) is 10.6. The second-order valence-electron chi connectivity index (χ2n) is 5.19. The van der Waals surface area contributed by atoms with Crippen molar-refractivity contribution in [1.82, 2.24) is 5.32 Å². The van der Waals surface area contributed by atoms with Crippen LogP contribution in [-0.4, -0.2) is 19.1 Å². The van der Waals surface area contributed by atoms with E-state index in [1.54, 1.807) is 18.4 Å². The van der Waals surface area contributed by atoms with Gasteiger partial charge < -0.3 is 15.8 Å². The molecule has 2 aromatic rings. The van der Waals surface area contributed by atoms with Crippen LogP contribution in [0.4, 0.5) is 0 Å². The van der Waals surface area contributed by atoms with Gasteiger partial charge in [0.05, 0.1) is 13.7 Å². The van der Waals surface area contributed by atoms with Crippen molar-refractivity contribution in [3.05, 3.63) is 40.6 Å². The third-order valence-corrected chi connectivity index (χ3v) is 4.41. The van der Waals surface area contributed by atoms with Crippen molar-refractivity contribution in [2.45, 2.75) is 32.9 Å². The molecule has 23 heavy (non-hydrogen) atoms. The summed E-state index contributed by atoms with van der Waals surface area (Å²) in [6.45, 7) is 4.82. The van der Waals surface area contributed by atoms with Gasteiger partial charge in [-0.2, -0.15) is 0 Å². The summed E-state index contributed by atoms with van der Waals surface area (Å²) in [6, 6.07) is 10.6. The van der Waals surface area contributed by atoms with Gasteiger partial charge in [0.2, 0.25) is 0 Å². The molecule has 0 fully saturated rings. The van der Waals surface area contributed by atoms with Gasteiger partial charge >= 0.3 is 0 Å². The number of nitrogens with one attached hydrogen (secondary N) is 1. The van der Waals surface area contributed by atoms with Crippen LogP contribution in [0.3, 0.4) is 0 Å². The van der Waals surface area contributed by atoms with E-state index in [0.29, 0.717) is 18.5 Å². The molecule has 126 valence electrons. The molecule has 0 radical (unpaired) electrons. The number of aliphatic imine (C=N–C) groups is 1. The largest absolute Gasteiger partial charge is 0.497 e. The predicted octanol–water partition coefficient (Wildman–Crippen LogP) is 4.24. The molecule has 0 amide bonds. The van der Waals surface area contributed by atoms with Crippen molar-refractivity contribution in [2.24, 2.45) is 10.7 Å². The SMILES string of the molecule is CCC(C)NC(N)=NCc1cc(-c2ccc(OC)cc2)cs1.I. The first kappa shape index (κ1) is 19.8. The highest BCUT2D eigenvalue weighted by molar-refractivity contribution is 14.0. The lowest BCUT2D eigenvalue weighted by Crippen LogP contribution is -2.37. The monoisotopic (exact) mass is 445 g/mol. The van der Waals surface area contributed by atoms with Gasteiger partial charge in [0.15, 0.2) is 5.96 Å². The Labute approximate surface area is 159 Å². The summed E-state index contributed by atoms with van der Waals surface area (Å²) in [5.74, 6) is 1.38. The fraction of sp³-hybridized carbons (Fsp3) is 0.353. The predicted molar refractivity (Wildman–Crippen MR) is 110 cm³/mol. The number of halogens is 1. The molecule has 0 bridgehead atoms. The maximum Gasteiger partial charge on any atom is 0.189 e. The summed E-state index contributed by atoms with van der Waals surface area (Å²) < 4.78 is 5.18. The van der Waals surface area contributed by atoms with E-state index in [1.807, 2.05) is 12.1 Å². The number of benzene rings is 1. The van der Waals surface area contributed by atoms with Crippen molar-refractivity contribution in [2.75, 3.05) is 7.11 Å². The number of nitrogens with two attached hydrogens (primary N) is 1. The van der Waals surface area contributed by atoms with Crippen molar-refractivity contribution in [3.8, 4) is 16.9 Å². The Bertz CT molecular complexity index is 625. The summed E-state index contributed by atoms with van der Waals surface area (Å²) in [5, 5.41) is 5.31. The Hall–Kier alpha value is -1.28. The van der Waals surface area contributed by atoms with E-state index in [1.165, 1.54) is 16.0 Å². The highest BCUT2D eigenvalue weighted by atomic mass is 127. The van der Waals surface area contributed by atoms with Crippen LogP contribution in [0.15, 0.2) is 40.7 Å². The number of ether oxygens (including phenoxy) is 1. The molecule has 0 aliphatic carbocycles. The number of hydrogen-bond acceptors (Lipinski definition) is 3. The summed E-state index contributed by atoms with van der Waals surface area (Å²) in [6.07, 6.45) is 1.02. The highest BCUT2D eigenvalue weighted by Crippen LogP contribution is 2.27. The second-order valence-corrected chi connectivity index (χ2v) is 6.18. The number of methoxy groups -OCH3 is 1. The fourth-order valence-corrected chi connectivity index (χ4v) is 2.78. The normalized spacial score (nSPS) is 12.4. The third-order valence-electron chi connectivity index (χ3n) is 3.49. The lowest BCUT2D eigenvalue weighted by Gasteiger charge is -2.11. The molecule has 1 unspecified atom stereocenters. The first-order valence-corrected chi connectivity index (χ1v) is 8.28. The van der Waals surface area contributed by atoms with Crippen LogP contribution in [0.1, 0.15) is 25.1 Å². The number of thiophene rings is 1.